The lowest BCUT2D eigenvalue weighted by Gasteiger charge is -2.08. The molecule has 0 spiro atoms. The second kappa shape index (κ2) is 7.30. The molecule has 2 aromatic heterocycles. The second-order valence-corrected chi connectivity index (χ2v) is 5.41. The first kappa shape index (κ1) is 17.5. The Kier molecular flexibility index (Phi) is 4.92. The number of anilines is 1. The Bertz CT molecular complexity index is 879. The summed E-state index contributed by atoms with van der Waals surface area (Å²) in [5, 5.41) is 2.99. The predicted octanol–water partition coefficient (Wildman–Crippen LogP) is 3.73. The van der Waals surface area contributed by atoms with Crippen molar-refractivity contribution in [3.8, 4) is 0 Å². The van der Waals surface area contributed by atoms with Crippen LogP contribution in [0.5, 0.6) is 0 Å². The summed E-state index contributed by atoms with van der Waals surface area (Å²) in [5.74, 6) is -0.115. The lowest BCUT2D eigenvalue weighted by molar-refractivity contribution is -0.137. The normalized spacial score (nSPS) is 11.2. The van der Waals surface area contributed by atoms with Crippen LogP contribution in [0.1, 0.15) is 27.0 Å². The van der Waals surface area contributed by atoms with E-state index in [1.54, 1.807) is 12.4 Å². The topological polar surface area (TPSA) is 67.8 Å². The summed E-state index contributed by atoms with van der Waals surface area (Å²) in [6.07, 6.45) is 1.60. The Morgan fingerprint density at radius 1 is 0.962 bits per heavy atom. The number of pyridine rings is 1. The van der Waals surface area contributed by atoms with Gasteiger partial charge in [0.15, 0.2) is 5.78 Å². The van der Waals surface area contributed by atoms with E-state index in [0.717, 1.165) is 29.8 Å². The first-order valence-corrected chi connectivity index (χ1v) is 7.60. The fourth-order valence-corrected chi connectivity index (χ4v) is 2.20. The number of ketones is 1. The number of nitrogens with one attached hydrogen (secondary N) is 1. The fraction of sp³-hybridized carbons (Fsp3) is 0.111. The molecule has 0 amide bonds. The summed E-state index contributed by atoms with van der Waals surface area (Å²) >= 11 is 0. The molecular formula is C18H13F3N4O. The molecule has 1 aromatic carbocycles. The quantitative estimate of drug-likeness (QED) is 0.704. The Labute approximate surface area is 147 Å². The number of halogens is 3. The molecule has 5 nitrogen and oxygen atoms in total. The minimum atomic E-state index is -4.44. The molecule has 2 heterocycles. The standard InChI is InChI=1S/C18H13F3N4O/c19-18(20,21)15-5-3-13(4-6-15)16(26)14-10-24-17(25-11-14)23-9-12-2-1-7-22-8-12/h1-8,10-11H,9H2,(H,23,24,25). The molecular weight excluding hydrogens is 345 g/mol. The first-order valence-electron chi connectivity index (χ1n) is 7.60. The van der Waals surface area contributed by atoms with E-state index in [9.17, 15) is 18.0 Å². The van der Waals surface area contributed by atoms with Crippen molar-refractivity contribution in [3.63, 3.8) is 0 Å². The molecule has 0 saturated carbocycles. The SMILES string of the molecule is O=C(c1ccc(C(F)(F)F)cc1)c1cnc(NCc2cccnc2)nc1. The lowest BCUT2D eigenvalue weighted by atomic mass is 10.0. The van der Waals surface area contributed by atoms with Gasteiger partial charge in [0, 0.05) is 36.9 Å². The van der Waals surface area contributed by atoms with Gasteiger partial charge < -0.3 is 5.32 Å². The van der Waals surface area contributed by atoms with Gasteiger partial charge in [-0.3, -0.25) is 9.78 Å². The second-order valence-electron chi connectivity index (χ2n) is 5.41. The summed E-state index contributed by atoms with van der Waals surface area (Å²) in [5.41, 5.74) is 0.468. The van der Waals surface area contributed by atoms with Crippen molar-refractivity contribution in [3.05, 3.63) is 83.4 Å². The highest BCUT2D eigenvalue weighted by Crippen LogP contribution is 2.29. The number of carbonyl (C=O) groups is 1. The lowest BCUT2D eigenvalue weighted by Crippen LogP contribution is -2.08. The average molecular weight is 358 g/mol. The van der Waals surface area contributed by atoms with Crippen molar-refractivity contribution >= 4 is 11.7 Å². The van der Waals surface area contributed by atoms with Gasteiger partial charge in [0.1, 0.15) is 0 Å². The van der Waals surface area contributed by atoms with Gasteiger partial charge in [-0.05, 0) is 23.8 Å². The number of aromatic nitrogens is 3. The van der Waals surface area contributed by atoms with Crippen LogP contribution in [0.15, 0.2) is 61.2 Å². The van der Waals surface area contributed by atoms with Crippen LogP contribution in [0, 0.1) is 0 Å². The Morgan fingerprint density at radius 3 is 2.23 bits per heavy atom. The molecule has 0 radical (unpaired) electrons. The third-order valence-corrected chi connectivity index (χ3v) is 3.56. The summed E-state index contributed by atoms with van der Waals surface area (Å²) in [6, 6.07) is 7.72. The highest BCUT2D eigenvalue weighted by molar-refractivity contribution is 6.08. The number of rotatable bonds is 5. The van der Waals surface area contributed by atoms with Gasteiger partial charge in [-0.25, -0.2) is 9.97 Å². The van der Waals surface area contributed by atoms with E-state index in [2.05, 4.69) is 20.3 Å². The zero-order valence-corrected chi connectivity index (χ0v) is 13.4. The van der Waals surface area contributed by atoms with Gasteiger partial charge in [-0.15, -0.1) is 0 Å². The molecule has 0 unspecified atom stereocenters. The number of hydrogen-bond acceptors (Lipinski definition) is 5. The number of hydrogen-bond donors (Lipinski definition) is 1. The van der Waals surface area contributed by atoms with Crippen molar-refractivity contribution in [2.45, 2.75) is 12.7 Å². The molecule has 0 aliphatic carbocycles. The number of benzene rings is 1. The summed E-state index contributed by atoms with van der Waals surface area (Å²) < 4.78 is 37.7. The molecule has 1 N–H and O–H groups in total. The van der Waals surface area contributed by atoms with E-state index in [4.69, 9.17) is 0 Å². The largest absolute Gasteiger partial charge is 0.416 e. The predicted molar refractivity (Wildman–Crippen MR) is 88.5 cm³/mol. The molecule has 8 heteroatoms. The number of alkyl halides is 3. The van der Waals surface area contributed by atoms with E-state index in [-0.39, 0.29) is 11.1 Å². The molecule has 132 valence electrons. The zero-order chi connectivity index (χ0) is 18.6. The molecule has 0 aliphatic heterocycles. The van der Waals surface area contributed by atoms with Gasteiger partial charge in [-0.2, -0.15) is 13.2 Å². The molecule has 0 bridgehead atoms. The summed E-state index contributed by atoms with van der Waals surface area (Å²) in [6.45, 7) is 0.472. The molecule has 3 aromatic rings. The minimum Gasteiger partial charge on any atom is -0.350 e. The summed E-state index contributed by atoms with van der Waals surface area (Å²) in [4.78, 5) is 24.4. The Morgan fingerprint density at radius 2 is 1.65 bits per heavy atom. The molecule has 0 atom stereocenters. The van der Waals surface area contributed by atoms with Crippen LogP contribution < -0.4 is 5.32 Å². The monoisotopic (exact) mass is 358 g/mol. The van der Waals surface area contributed by atoms with Gasteiger partial charge in [0.05, 0.1) is 11.1 Å². The van der Waals surface area contributed by atoms with Crippen LogP contribution in [0.4, 0.5) is 19.1 Å². The number of carbonyl (C=O) groups excluding carboxylic acids is 1. The van der Waals surface area contributed by atoms with Gasteiger partial charge >= 0.3 is 6.18 Å². The third-order valence-electron chi connectivity index (χ3n) is 3.56. The van der Waals surface area contributed by atoms with Crippen LogP contribution in [-0.2, 0) is 12.7 Å². The van der Waals surface area contributed by atoms with E-state index in [1.807, 2.05) is 12.1 Å². The van der Waals surface area contributed by atoms with Crippen molar-refractivity contribution in [1.82, 2.24) is 15.0 Å². The third kappa shape index (κ3) is 4.21. The molecule has 0 saturated heterocycles. The number of nitrogens with zero attached hydrogens (tertiary/aromatic N) is 3. The van der Waals surface area contributed by atoms with Gasteiger partial charge in [0.25, 0.3) is 0 Å². The van der Waals surface area contributed by atoms with Crippen LogP contribution >= 0.6 is 0 Å². The van der Waals surface area contributed by atoms with Gasteiger partial charge in [-0.1, -0.05) is 18.2 Å². The van der Waals surface area contributed by atoms with Crippen LogP contribution in [0.2, 0.25) is 0 Å². The van der Waals surface area contributed by atoms with Crippen LogP contribution in [0.3, 0.4) is 0 Å². The Balaban J connectivity index is 1.67. The van der Waals surface area contributed by atoms with E-state index >= 15 is 0 Å². The van der Waals surface area contributed by atoms with Crippen molar-refractivity contribution in [2.24, 2.45) is 0 Å². The van der Waals surface area contributed by atoms with E-state index in [0.29, 0.717) is 12.5 Å². The van der Waals surface area contributed by atoms with Crippen LogP contribution in [0.25, 0.3) is 0 Å². The maximum Gasteiger partial charge on any atom is 0.416 e. The molecule has 0 aliphatic rings. The van der Waals surface area contributed by atoms with E-state index in [1.165, 1.54) is 12.4 Å². The Hall–Kier alpha value is -3.29. The fourth-order valence-electron chi connectivity index (χ4n) is 2.20. The zero-order valence-electron chi connectivity index (χ0n) is 13.4. The van der Waals surface area contributed by atoms with Crippen LogP contribution in [-0.4, -0.2) is 20.7 Å². The smallest absolute Gasteiger partial charge is 0.350 e. The minimum absolute atomic E-state index is 0.137. The van der Waals surface area contributed by atoms with Crippen molar-refractivity contribution in [1.29, 1.82) is 0 Å². The van der Waals surface area contributed by atoms with Gasteiger partial charge in [0.2, 0.25) is 5.95 Å². The molecule has 0 fully saturated rings. The average Bonchev–Trinajstić information content (AvgIpc) is 2.66. The van der Waals surface area contributed by atoms with E-state index < -0.39 is 17.5 Å². The first-order chi connectivity index (χ1) is 12.4. The maximum absolute atomic E-state index is 12.6. The highest BCUT2D eigenvalue weighted by Gasteiger charge is 2.30. The highest BCUT2D eigenvalue weighted by atomic mass is 19.4. The summed E-state index contributed by atoms with van der Waals surface area (Å²) in [7, 11) is 0. The molecule has 26 heavy (non-hydrogen) atoms. The molecule has 3 rings (SSSR count). The van der Waals surface area contributed by atoms with Crippen molar-refractivity contribution in [2.75, 3.05) is 5.32 Å². The maximum atomic E-state index is 12.6. The van der Waals surface area contributed by atoms with Crippen molar-refractivity contribution < 1.29 is 18.0 Å².